The molecule has 3 aliphatic rings. The summed E-state index contributed by atoms with van der Waals surface area (Å²) in [7, 11) is 3.85. The van der Waals surface area contributed by atoms with Gasteiger partial charge in [-0.05, 0) is 30.5 Å². The van der Waals surface area contributed by atoms with Gasteiger partial charge in [-0.25, -0.2) is 0 Å². The maximum absolute atomic E-state index is 10.2. The van der Waals surface area contributed by atoms with E-state index < -0.39 is 28.6 Å². The van der Waals surface area contributed by atoms with Crippen LogP contribution in [0.4, 0.5) is 5.69 Å². The van der Waals surface area contributed by atoms with Crippen LogP contribution in [0, 0.1) is 56.2 Å². The Labute approximate surface area is 164 Å². The summed E-state index contributed by atoms with van der Waals surface area (Å²) in [5.41, 5.74) is -1.90. The molecule has 142 valence electrons. The Hall–Kier alpha value is -3.08. The molecule has 0 spiro atoms. The van der Waals surface area contributed by atoms with E-state index in [4.69, 9.17) is 14.9 Å². The van der Waals surface area contributed by atoms with Crippen LogP contribution in [0.1, 0.15) is 37.4 Å². The molecule has 0 aromatic heterocycles. The molecule has 4 unspecified atom stereocenters. The first-order valence-electron chi connectivity index (χ1n) is 9.37. The topological polar surface area (TPSA) is 117 Å². The van der Waals surface area contributed by atoms with Gasteiger partial charge in [0.1, 0.15) is 6.10 Å². The third kappa shape index (κ3) is 1.96. The standard InChI is InChI=1S/C21H21N5O2/c1-26(2)15-8-6-14(7-9-15)17-19(11-22,12-23)20(13-24)16-5-3-4-10-21(16,27-17)28-18(20)25/h6-9,16-17,25H,3-5,10H2,1-2H3. The Balaban J connectivity index is 1.93. The molecule has 28 heavy (non-hydrogen) atoms. The third-order valence-corrected chi connectivity index (χ3v) is 6.53. The summed E-state index contributed by atoms with van der Waals surface area (Å²) in [6, 6.07) is 13.8. The van der Waals surface area contributed by atoms with Crippen LogP contribution in [0.15, 0.2) is 24.3 Å². The Morgan fingerprint density at radius 1 is 1.07 bits per heavy atom. The summed E-state index contributed by atoms with van der Waals surface area (Å²) < 4.78 is 12.2. The summed E-state index contributed by atoms with van der Waals surface area (Å²) in [5, 5.41) is 39.1. The van der Waals surface area contributed by atoms with E-state index in [1.165, 1.54) is 0 Å². The van der Waals surface area contributed by atoms with Crippen molar-refractivity contribution in [1.82, 2.24) is 0 Å². The van der Waals surface area contributed by atoms with Crippen LogP contribution in [-0.2, 0) is 9.47 Å². The predicted octanol–water partition coefficient (Wildman–Crippen LogP) is 3.26. The second kappa shape index (κ2) is 5.96. The van der Waals surface area contributed by atoms with Crippen LogP contribution in [0.2, 0.25) is 0 Å². The second-order valence-electron chi connectivity index (χ2n) is 7.98. The van der Waals surface area contributed by atoms with Gasteiger partial charge in [0, 0.05) is 26.2 Å². The van der Waals surface area contributed by atoms with Crippen molar-refractivity contribution >= 4 is 11.6 Å². The fourth-order valence-electron chi connectivity index (χ4n) is 5.11. The quantitative estimate of drug-likeness (QED) is 0.848. The van der Waals surface area contributed by atoms with Crippen LogP contribution >= 0.6 is 0 Å². The van der Waals surface area contributed by atoms with Gasteiger partial charge >= 0.3 is 0 Å². The fourth-order valence-corrected chi connectivity index (χ4v) is 5.11. The number of hydrogen-bond donors (Lipinski definition) is 1. The van der Waals surface area contributed by atoms with Gasteiger partial charge in [-0.2, -0.15) is 15.8 Å². The van der Waals surface area contributed by atoms with Crippen molar-refractivity contribution in [3.63, 3.8) is 0 Å². The van der Waals surface area contributed by atoms with E-state index in [-0.39, 0.29) is 5.90 Å². The molecule has 3 fully saturated rings. The number of anilines is 1. The minimum atomic E-state index is -1.86. The van der Waals surface area contributed by atoms with Crippen molar-refractivity contribution in [2.45, 2.75) is 37.6 Å². The van der Waals surface area contributed by atoms with E-state index in [1.54, 1.807) is 0 Å². The van der Waals surface area contributed by atoms with Gasteiger partial charge in [-0.3, -0.25) is 5.41 Å². The van der Waals surface area contributed by atoms with E-state index in [9.17, 15) is 15.8 Å². The molecule has 7 nitrogen and oxygen atoms in total. The molecule has 0 amide bonds. The summed E-state index contributed by atoms with van der Waals surface area (Å²) in [6.45, 7) is 0. The molecule has 2 saturated heterocycles. The molecule has 1 saturated carbocycles. The number of hydrogen-bond acceptors (Lipinski definition) is 7. The zero-order valence-electron chi connectivity index (χ0n) is 15.9. The van der Waals surface area contributed by atoms with E-state index >= 15 is 0 Å². The molecule has 1 N–H and O–H groups in total. The number of rotatable bonds is 2. The van der Waals surface area contributed by atoms with Crippen molar-refractivity contribution in [3.8, 4) is 18.2 Å². The van der Waals surface area contributed by atoms with Gasteiger partial charge < -0.3 is 14.4 Å². The van der Waals surface area contributed by atoms with Crippen LogP contribution < -0.4 is 4.90 Å². The highest BCUT2D eigenvalue weighted by atomic mass is 16.7. The summed E-state index contributed by atoms with van der Waals surface area (Å²) in [6.07, 6.45) is 1.86. The average Bonchev–Trinajstić information content (AvgIpc) is 2.92. The summed E-state index contributed by atoms with van der Waals surface area (Å²) >= 11 is 0. The minimum absolute atomic E-state index is 0.308. The molecule has 2 aliphatic heterocycles. The maximum Gasteiger partial charge on any atom is 0.217 e. The highest BCUT2D eigenvalue weighted by Gasteiger charge is 2.80. The molecular weight excluding hydrogens is 354 g/mol. The Kier molecular flexibility index (Phi) is 3.89. The molecule has 4 rings (SSSR count). The molecule has 1 aliphatic carbocycles. The monoisotopic (exact) mass is 375 g/mol. The van der Waals surface area contributed by atoms with Crippen LogP contribution in [-0.4, -0.2) is 25.8 Å². The number of nitrogens with zero attached hydrogens (tertiary/aromatic N) is 4. The van der Waals surface area contributed by atoms with Gasteiger partial charge in [0.2, 0.25) is 17.1 Å². The Morgan fingerprint density at radius 3 is 2.32 bits per heavy atom. The zero-order chi connectivity index (χ0) is 20.2. The van der Waals surface area contributed by atoms with Crippen molar-refractivity contribution in [2.24, 2.45) is 16.7 Å². The fraction of sp³-hybridized carbons (Fsp3) is 0.524. The van der Waals surface area contributed by atoms with E-state index in [1.807, 2.05) is 43.3 Å². The summed E-state index contributed by atoms with van der Waals surface area (Å²) in [4.78, 5) is 1.95. The van der Waals surface area contributed by atoms with E-state index in [2.05, 4.69) is 18.2 Å². The number of ether oxygens (including phenoxy) is 2. The highest BCUT2D eigenvalue weighted by molar-refractivity contribution is 5.89. The lowest BCUT2D eigenvalue weighted by atomic mass is 9.51. The SMILES string of the molecule is CN(C)c1ccc(C2OC34CCCCC3C(C#N)(C(=N)O4)C2(C#N)C#N)cc1. The number of benzene rings is 1. The third-order valence-electron chi connectivity index (χ3n) is 6.53. The van der Waals surface area contributed by atoms with Gasteiger partial charge in [-0.1, -0.05) is 18.6 Å². The lowest BCUT2D eigenvalue weighted by molar-refractivity contribution is -0.294. The lowest BCUT2D eigenvalue weighted by Crippen LogP contribution is -2.60. The Morgan fingerprint density at radius 2 is 1.75 bits per heavy atom. The maximum atomic E-state index is 10.2. The minimum Gasteiger partial charge on any atom is -0.447 e. The Bertz CT molecular complexity index is 937. The van der Waals surface area contributed by atoms with Crippen molar-refractivity contribution in [2.75, 3.05) is 19.0 Å². The average molecular weight is 375 g/mol. The number of nitriles is 3. The molecule has 1 aromatic carbocycles. The molecule has 4 atom stereocenters. The number of nitrogens with one attached hydrogen (secondary N) is 1. The highest BCUT2D eigenvalue weighted by Crippen LogP contribution is 2.69. The smallest absolute Gasteiger partial charge is 0.217 e. The van der Waals surface area contributed by atoms with Crippen LogP contribution in [0.5, 0.6) is 0 Å². The molecule has 2 bridgehead atoms. The van der Waals surface area contributed by atoms with Gasteiger partial charge in [-0.15, -0.1) is 0 Å². The van der Waals surface area contributed by atoms with Crippen LogP contribution in [0.25, 0.3) is 0 Å². The predicted molar refractivity (Wildman–Crippen MR) is 99.8 cm³/mol. The molecule has 2 heterocycles. The van der Waals surface area contributed by atoms with E-state index in [0.29, 0.717) is 18.4 Å². The molecule has 1 aromatic rings. The second-order valence-corrected chi connectivity index (χ2v) is 7.98. The molecular formula is C21H21N5O2. The lowest BCUT2D eigenvalue weighted by Gasteiger charge is -2.51. The molecule has 0 radical (unpaired) electrons. The first-order valence-corrected chi connectivity index (χ1v) is 9.37. The zero-order valence-corrected chi connectivity index (χ0v) is 15.9. The molecule has 7 heteroatoms. The first kappa shape index (κ1) is 18.3. The summed E-state index contributed by atoms with van der Waals surface area (Å²) in [5.74, 6) is -1.92. The van der Waals surface area contributed by atoms with E-state index in [0.717, 1.165) is 18.5 Å². The van der Waals surface area contributed by atoms with Crippen molar-refractivity contribution < 1.29 is 9.47 Å². The van der Waals surface area contributed by atoms with Gasteiger partial charge in [0.25, 0.3) is 0 Å². The van der Waals surface area contributed by atoms with Crippen molar-refractivity contribution in [1.29, 1.82) is 21.2 Å². The van der Waals surface area contributed by atoms with Crippen molar-refractivity contribution in [3.05, 3.63) is 29.8 Å². The first-order chi connectivity index (χ1) is 13.4. The largest absolute Gasteiger partial charge is 0.447 e. The normalized spacial score (nSPS) is 34.9. The van der Waals surface area contributed by atoms with Gasteiger partial charge in [0.05, 0.1) is 24.1 Å². The van der Waals surface area contributed by atoms with Gasteiger partial charge in [0.15, 0.2) is 5.41 Å². The van der Waals surface area contributed by atoms with Crippen LogP contribution in [0.3, 0.4) is 0 Å².